The van der Waals surface area contributed by atoms with Crippen LogP contribution in [0.4, 0.5) is 0 Å². The van der Waals surface area contributed by atoms with E-state index >= 15 is 0 Å². The molecule has 4 nitrogen and oxygen atoms in total. The summed E-state index contributed by atoms with van der Waals surface area (Å²) in [7, 11) is 1.77. The van der Waals surface area contributed by atoms with Gasteiger partial charge in [0, 0.05) is 13.1 Å². The first-order valence-corrected chi connectivity index (χ1v) is 4.52. The number of hydrogen-bond acceptors (Lipinski definition) is 3. The summed E-state index contributed by atoms with van der Waals surface area (Å²) in [6.45, 7) is 2.27. The van der Waals surface area contributed by atoms with Gasteiger partial charge >= 0.3 is 0 Å². The largest absolute Gasteiger partial charge is 0.342 e. The van der Waals surface area contributed by atoms with E-state index < -0.39 is 0 Å². The molecule has 4 heteroatoms. The standard InChI is InChI=1S/C8H17N3O/c1-9-10-7-8(12)11-5-3-2-4-6-11/h9-10H,2-7H2,1H3. The normalized spacial score (nSPS) is 17.9. The molecule has 70 valence electrons. The van der Waals surface area contributed by atoms with E-state index in [2.05, 4.69) is 10.9 Å². The molecule has 1 rings (SSSR count). The van der Waals surface area contributed by atoms with Crippen molar-refractivity contribution in [1.29, 1.82) is 0 Å². The van der Waals surface area contributed by atoms with Crippen LogP contribution in [0.3, 0.4) is 0 Å². The first kappa shape index (κ1) is 9.48. The van der Waals surface area contributed by atoms with Gasteiger partial charge in [-0.25, -0.2) is 5.43 Å². The van der Waals surface area contributed by atoms with E-state index in [4.69, 9.17) is 0 Å². The monoisotopic (exact) mass is 171 g/mol. The van der Waals surface area contributed by atoms with Crippen LogP contribution in [-0.2, 0) is 4.79 Å². The number of carbonyl (C=O) groups excluding carboxylic acids is 1. The van der Waals surface area contributed by atoms with Gasteiger partial charge in [0.2, 0.25) is 5.91 Å². The van der Waals surface area contributed by atoms with E-state index in [1.54, 1.807) is 7.05 Å². The Labute approximate surface area is 73.3 Å². The topological polar surface area (TPSA) is 44.4 Å². The minimum Gasteiger partial charge on any atom is -0.342 e. The highest BCUT2D eigenvalue weighted by molar-refractivity contribution is 5.78. The Morgan fingerprint density at radius 2 is 2.00 bits per heavy atom. The molecular weight excluding hydrogens is 154 g/mol. The molecule has 1 aliphatic rings. The second kappa shape index (κ2) is 5.11. The molecule has 0 aliphatic carbocycles. The lowest BCUT2D eigenvalue weighted by molar-refractivity contribution is -0.131. The number of amides is 1. The maximum Gasteiger partial charge on any atom is 0.237 e. The summed E-state index contributed by atoms with van der Waals surface area (Å²) in [6, 6.07) is 0. The number of rotatable bonds is 3. The SMILES string of the molecule is CNNCC(=O)N1CCCCC1. The fourth-order valence-corrected chi connectivity index (χ4v) is 1.42. The summed E-state index contributed by atoms with van der Waals surface area (Å²) < 4.78 is 0. The molecule has 0 aromatic carbocycles. The maximum atomic E-state index is 11.4. The third-order valence-corrected chi connectivity index (χ3v) is 2.13. The molecule has 0 atom stereocenters. The van der Waals surface area contributed by atoms with Gasteiger partial charge in [0.05, 0.1) is 6.54 Å². The van der Waals surface area contributed by atoms with Crippen molar-refractivity contribution in [3.05, 3.63) is 0 Å². The molecule has 0 saturated carbocycles. The molecule has 0 aromatic heterocycles. The Morgan fingerprint density at radius 1 is 1.33 bits per heavy atom. The van der Waals surface area contributed by atoms with E-state index in [-0.39, 0.29) is 5.91 Å². The molecule has 0 aromatic rings. The van der Waals surface area contributed by atoms with Gasteiger partial charge in [-0.05, 0) is 26.3 Å². The van der Waals surface area contributed by atoms with Crippen molar-refractivity contribution in [1.82, 2.24) is 15.8 Å². The third kappa shape index (κ3) is 2.79. The minimum atomic E-state index is 0.198. The van der Waals surface area contributed by atoms with Gasteiger partial charge in [0.25, 0.3) is 0 Å². The Morgan fingerprint density at radius 3 is 2.58 bits per heavy atom. The third-order valence-electron chi connectivity index (χ3n) is 2.13. The number of hydrogen-bond donors (Lipinski definition) is 2. The average Bonchev–Trinajstić information content (AvgIpc) is 2.15. The van der Waals surface area contributed by atoms with Gasteiger partial charge in [-0.15, -0.1) is 0 Å². The van der Waals surface area contributed by atoms with E-state index in [1.165, 1.54) is 6.42 Å². The average molecular weight is 171 g/mol. The fourth-order valence-electron chi connectivity index (χ4n) is 1.42. The van der Waals surface area contributed by atoms with Crippen molar-refractivity contribution >= 4 is 5.91 Å². The van der Waals surface area contributed by atoms with E-state index in [1.807, 2.05) is 4.90 Å². The predicted molar refractivity (Wildman–Crippen MR) is 47.5 cm³/mol. The lowest BCUT2D eigenvalue weighted by Gasteiger charge is -2.26. The first-order valence-electron chi connectivity index (χ1n) is 4.52. The highest BCUT2D eigenvalue weighted by Crippen LogP contribution is 2.07. The quantitative estimate of drug-likeness (QED) is 0.574. The summed E-state index contributed by atoms with van der Waals surface area (Å²) >= 11 is 0. The van der Waals surface area contributed by atoms with Crippen LogP contribution in [0, 0.1) is 0 Å². The molecule has 1 amide bonds. The van der Waals surface area contributed by atoms with Gasteiger partial charge in [-0.1, -0.05) is 0 Å². The molecule has 12 heavy (non-hydrogen) atoms. The lowest BCUT2D eigenvalue weighted by Crippen LogP contribution is -2.43. The summed E-state index contributed by atoms with van der Waals surface area (Å²) in [5.41, 5.74) is 5.54. The molecule has 0 spiro atoms. The van der Waals surface area contributed by atoms with Crippen LogP contribution in [0.15, 0.2) is 0 Å². The zero-order valence-corrected chi connectivity index (χ0v) is 7.60. The number of piperidine rings is 1. The predicted octanol–water partition coefficient (Wildman–Crippen LogP) is -0.277. The van der Waals surface area contributed by atoms with Crippen LogP contribution in [0.5, 0.6) is 0 Å². The molecule has 1 aliphatic heterocycles. The number of likely N-dealkylation sites (tertiary alicyclic amines) is 1. The number of carbonyl (C=O) groups is 1. The van der Waals surface area contributed by atoms with Gasteiger partial charge in [-0.3, -0.25) is 10.2 Å². The zero-order valence-electron chi connectivity index (χ0n) is 7.60. The Hall–Kier alpha value is -0.610. The Kier molecular flexibility index (Phi) is 4.04. The van der Waals surface area contributed by atoms with E-state index in [0.717, 1.165) is 25.9 Å². The molecule has 0 radical (unpaired) electrons. The van der Waals surface area contributed by atoms with Crippen molar-refractivity contribution in [2.45, 2.75) is 19.3 Å². The van der Waals surface area contributed by atoms with Crippen LogP contribution in [-0.4, -0.2) is 37.5 Å². The Bertz CT molecular complexity index is 143. The number of nitrogens with zero attached hydrogens (tertiary/aromatic N) is 1. The van der Waals surface area contributed by atoms with Crippen molar-refractivity contribution in [3.63, 3.8) is 0 Å². The molecule has 2 N–H and O–H groups in total. The minimum absolute atomic E-state index is 0.198. The van der Waals surface area contributed by atoms with Crippen molar-refractivity contribution in [3.8, 4) is 0 Å². The van der Waals surface area contributed by atoms with Crippen LogP contribution < -0.4 is 10.9 Å². The molecule has 1 fully saturated rings. The molecule has 1 heterocycles. The van der Waals surface area contributed by atoms with Crippen LogP contribution in [0.25, 0.3) is 0 Å². The van der Waals surface area contributed by atoms with Crippen molar-refractivity contribution in [2.75, 3.05) is 26.7 Å². The first-order chi connectivity index (χ1) is 5.84. The van der Waals surface area contributed by atoms with Gasteiger partial charge in [0.15, 0.2) is 0 Å². The van der Waals surface area contributed by atoms with Crippen LogP contribution >= 0.6 is 0 Å². The number of hydrazine groups is 1. The lowest BCUT2D eigenvalue weighted by atomic mass is 10.1. The summed E-state index contributed by atoms with van der Waals surface area (Å²) in [5, 5.41) is 0. The molecule has 1 saturated heterocycles. The molecule has 0 unspecified atom stereocenters. The smallest absolute Gasteiger partial charge is 0.237 e. The zero-order chi connectivity index (χ0) is 8.81. The molecular formula is C8H17N3O. The fraction of sp³-hybridized carbons (Fsp3) is 0.875. The molecule has 0 bridgehead atoms. The number of nitrogens with one attached hydrogen (secondary N) is 2. The second-order valence-corrected chi connectivity index (χ2v) is 3.05. The van der Waals surface area contributed by atoms with Crippen LogP contribution in [0.2, 0.25) is 0 Å². The summed E-state index contributed by atoms with van der Waals surface area (Å²) in [6.07, 6.45) is 3.58. The van der Waals surface area contributed by atoms with Crippen molar-refractivity contribution in [2.24, 2.45) is 0 Å². The van der Waals surface area contributed by atoms with Gasteiger partial charge in [-0.2, -0.15) is 0 Å². The van der Waals surface area contributed by atoms with Crippen LogP contribution in [0.1, 0.15) is 19.3 Å². The van der Waals surface area contributed by atoms with E-state index in [0.29, 0.717) is 6.54 Å². The highest BCUT2D eigenvalue weighted by Gasteiger charge is 2.14. The highest BCUT2D eigenvalue weighted by atomic mass is 16.2. The van der Waals surface area contributed by atoms with Crippen molar-refractivity contribution < 1.29 is 4.79 Å². The van der Waals surface area contributed by atoms with E-state index in [9.17, 15) is 4.79 Å². The summed E-state index contributed by atoms with van der Waals surface area (Å²) in [5.74, 6) is 0.198. The van der Waals surface area contributed by atoms with Gasteiger partial charge < -0.3 is 4.90 Å². The maximum absolute atomic E-state index is 11.4. The second-order valence-electron chi connectivity index (χ2n) is 3.05. The Balaban J connectivity index is 2.20. The summed E-state index contributed by atoms with van der Waals surface area (Å²) in [4.78, 5) is 13.3. The van der Waals surface area contributed by atoms with Gasteiger partial charge in [0.1, 0.15) is 0 Å².